The van der Waals surface area contributed by atoms with Crippen LogP contribution in [0.25, 0.3) is 0 Å². The van der Waals surface area contributed by atoms with Crippen molar-refractivity contribution in [2.24, 2.45) is 0 Å². The van der Waals surface area contributed by atoms with Crippen molar-refractivity contribution >= 4 is 15.9 Å². The van der Waals surface area contributed by atoms with Crippen LogP contribution in [0.2, 0.25) is 0 Å². The topological polar surface area (TPSA) is 75.3 Å². The molecule has 0 spiro atoms. The van der Waals surface area contributed by atoms with Gasteiger partial charge in [0.2, 0.25) is 10.0 Å². The first-order valence-corrected chi connectivity index (χ1v) is 9.52. The molecule has 7 heteroatoms. The van der Waals surface area contributed by atoms with Gasteiger partial charge in [-0.1, -0.05) is 24.3 Å². The molecule has 0 saturated heterocycles. The minimum atomic E-state index is -3.75. The van der Waals surface area contributed by atoms with Crippen molar-refractivity contribution in [1.82, 2.24) is 10.0 Å². The van der Waals surface area contributed by atoms with Gasteiger partial charge in [0.05, 0.1) is 16.5 Å². The molecular formula is C18H19FN2O3S. The minimum Gasteiger partial charge on any atom is -0.345 e. The van der Waals surface area contributed by atoms with Crippen LogP contribution in [-0.4, -0.2) is 21.4 Å². The largest absolute Gasteiger partial charge is 0.345 e. The average molecular weight is 362 g/mol. The van der Waals surface area contributed by atoms with Gasteiger partial charge in [0.15, 0.2) is 0 Å². The van der Waals surface area contributed by atoms with Crippen molar-refractivity contribution in [2.75, 3.05) is 7.05 Å². The van der Waals surface area contributed by atoms with Crippen molar-refractivity contribution in [3.8, 4) is 0 Å². The van der Waals surface area contributed by atoms with Crippen LogP contribution in [0.5, 0.6) is 0 Å². The second-order valence-corrected chi connectivity index (χ2v) is 7.85. The van der Waals surface area contributed by atoms with Gasteiger partial charge in [-0.25, -0.2) is 17.5 Å². The Bertz CT molecular complexity index is 912. The van der Waals surface area contributed by atoms with Gasteiger partial charge in [0, 0.05) is 0 Å². The SMILES string of the molecule is CNS(=O)(=O)c1ccc(F)c(C(=O)NC2CCCc3ccccc32)c1. The molecule has 2 N–H and O–H groups in total. The monoisotopic (exact) mass is 362 g/mol. The van der Waals surface area contributed by atoms with E-state index < -0.39 is 21.7 Å². The number of carbonyl (C=O) groups is 1. The normalized spacial score (nSPS) is 17.0. The van der Waals surface area contributed by atoms with Gasteiger partial charge in [-0.05, 0) is 55.6 Å². The Kier molecular flexibility index (Phi) is 4.87. The van der Waals surface area contributed by atoms with Gasteiger partial charge in [0.25, 0.3) is 5.91 Å². The predicted octanol–water partition coefficient (Wildman–Crippen LogP) is 2.54. The van der Waals surface area contributed by atoms with E-state index in [0.29, 0.717) is 0 Å². The maximum atomic E-state index is 14.1. The summed E-state index contributed by atoms with van der Waals surface area (Å²) in [6, 6.07) is 10.8. The molecule has 5 nitrogen and oxygen atoms in total. The zero-order chi connectivity index (χ0) is 18.0. The lowest BCUT2D eigenvalue weighted by atomic mass is 9.87. The van der Waals surface area contributed by atoms with Crippen LogP contribution in [0.4, 0.5) is 4.39 Å². The average Bonchev–Trinajstić information content (AvgIpc) is 2.62. The molecule has 0 bridgehead atoms. The molecule has 1 unspecified atom stereocenters. The first kappa shape index (κ1) is 17.6. The fourth-order valence-corrected chi connectivity index (χ4v) is 3.86. The number of fused-ring (bicyclic) bond motifs is 1. The highest BCUT2D eigenvalue weighted by atomic mass is 32.2. The summed E-state index contributed by atoms with van der Waals surface area (Å²) >= 11 is 0. The quantitative estimate of drug-likeness (QED) is 0.878. The Morgan fingerprint density at radius 3 is 2.72 bits per heavy atom. The lowest BCUT2D eigenvalue weighted by Gasteiger charge is -2.26. The van der Waals surface area contributed by atoms with Crippen molar-refractivity contribution in [2.45, 2.75) is 30.2 Å². The molecule has 0 radical (unpaired) electrons. The number of rotatable bonds is 4. The smallest absolute Gasteiger partial charge is 0.254 e. The first-order valence-electron chi connectivity index (χ1n) is 8.04. The number of benzene rings is 2. The van der Waals surface area contributed by atoms with Gasteiger partial charge < -0.3 is 5.32 Å². The zero-order valence-corrected chi connectivity index (χ0v) is 14.6. The Hall–Kier alpha value is -2.25. The number of amides is 1. The van der Waals surface area contributed by atoms with E-state index in [2.05, 4.69) is 10.0 Å². The molecule has 0 heterocycles. The van der Waals surface area contributed by atoms with Crippen LogP contribution in [-0.2, 0) is 16.4 Å². The summed E-state index contributed by atoms with van der Waals surface area (Å²) < 4.78 is 40.0. The number of aryl methyl sites for hydroxylation is 1. The molecule has 132 valence electrons. The molecule has 0 aliphatic heterocycles. The van der Waals surface area contributed by atoms with E-state index in [1.165, 1.54) is 12.6 Å². The Morgan fingerprint density at radius 1 is 1.20 bits per heavy atom. The summed E-state index contributed by atoms with van der Waals surface area (Å²) in [5, 5.41) is 2.83. The fraction of sp³-hybridized carbons (Fsp3) is 0.278. The van der Waals surface area contributed by atoms with Crippen LogP contribution in [0.3, 0.4) is 0 Å². The number of carbonyl (C=O) groups excluding carboxylic acids is 1. The van der Waals surface area contributed by atoms with Crippen LogP contribution in [0, 0.1) is 5.82 Å². The third-order valence-electron chi connectivity index (χ3n) is 4.44. The Labute approximate surface area is 146 Å². The highest BCUT2D eigenvalue weighted by molar-refractivity contribution is 7.89. The summed E-state index contributed by atoms with van der Waals surface area (Å²) in [6.45, 7) is 0. The van der Waals surface area contributed by atoms with Gasteiger partial charge in [0.1, 0.15) is 5.82 Å². The summed E-state index contributed by atoms with van der Waals surface area (Å²) in [7, 11) is -2.49. The Morgan fingerprint density at radius 2 is 1.96 bits per heavy atom. The number of nitrogens with one attached hydrogen (secondary N) is 2. The second kappa shape index (κ2) is 6.93. The van der Waals surface area contributed by atoms with E-state index in [1.807, 2.05) is 24.3 Å². The number of hydrogen-bond donors (Lipinski definition) is 2. The third kappa shape index (κ3) is 3.57. The van der Waals surface area contributed by atoms with Crippen LogP contribution in [0.1, 0.15) is 40.4 Å². The summed E-state index contributed by atoms with van der Waals surface area (Å²) in [5.41, 5.74) is 1.92. The van der Waals surface area contributed by atoms with E-state index in [4.69, 9.17) is 0 Å². The minimum absolute atomic E-state index is 0.148. The molecule has 1 aliphatic carbocycles. The molecule has 2 aromatic rings. The van der Waals surface area contributed by atoms with Crippen LogP contribution < -0.4 is 10.0 Å². The summed E-state index contributed by atoms with van der Waals surface area (Å²) in [5.74, 6) is -1.37. The standard InChI is InChI=1S/C18H19FN2O3S/c1-20-25(23,24)13-9-10-16(19)15(11-13)18(22)21-17-8-4-6-12-5-2-3-7-14(12)17/h2-3,5,7,9-11,17,20H,4,6,8H2,1H3,(H,21,22). The van der Waals surface area contributed by atoms with Gasteiger partial charge >= 0.3 is 0 Å². The van der Waals surface area contributed by atoms with Crippen molar-refractivity contribution < 1.29 is 17.6 Å². The maximum absolute atomic E-state index is 14.1. The number of sulfonamides is 1. The molecule has 25 heavy (non-hydrogen) atoms. The molecule has 0 fully saturated rings. The molecule has 0 saturated carbocycles. The van der Waals surface area contributed by atoms with Crippen molar-refractivity contribution in [1.29, 1.82) is 0 Å². The highest BCUT2D eigenvalue weighted by Crippen LogP contribution is 2.30. The van der Waals surface area contributed by atoms with Gasteiger partial charge in [-0.3, -0.25) is 4.79 Å². The van der Waals surface area contributed by atoms with Crippen molar-refractivity contribution in [3.63, 3.8) is 0 Å². The molecule has 2 aromatic carbocycles. The molecular weight excluding hydrogens is 343 g/mol. The first-order chi connectivity index (χ1) is 11.9. The predicted molar refractivity (Wildman–Crippen MR) is 92.2 cm³/mol. The van der Waals surface area contributed by atoms with Gasteiger partial charge in [-0.2, -0.15) is 0 Å². The van der Waals surface area contributed by atoms with E-state index in [1.54, 1.807) is 0 Å². The lowest BCUT2D eigenvalue weighted by Crippen LogP contribution is -2.31. The molecule has 1 amide bonds. The van der Waals surface area contributed by atoms with Crippen LogP contribution >= 0.6 is 0 Å². The Balaban J connectivity index is 1.89. The lowest BCUT2D eigenvalue weighted by molar-refractivity contribution is 0.0928. The van der Waals surface area contributed by atoms with Crippen molar-refractivity contribution in [3.05, 3.63) is 65.0 Å². The van der Waals surface area contributed by atoms with E-state index in [0.717, 1.165) is 43.0 Å². The number of hydrogen-bond acceptors (Lipinski definition) is 3. The molecule has 3 rings (SSSR count). The summed E-state index contributed by atoms with van der Waals surface area (Å²) in [6.07, 6.45) is 2.64. The molecule has 0 aromatic heterocycles. The van der Waals surface area contributed by atoms with E-state index >= 15 is 0 Å². The highest BCUT2D eigenvalue weighted by Gasteiger charge is 2.24. The fourth-order valence-electron chi connectivity index (χ4n) is 3.10. The third-order valence-corrected chi connectivity index (χ3v) is 5.85. The second-order valence-electron chi connectivity index (χ2n) is 5.97. The number of halogens is 1. The molecule has 1 aliphatic rings. The zero-order valence-electron chi connectivity index (χ0n) is 13.8. The summed E-state index contributed by atoms with van der Waals surface area (Å²) in [4.78, 5) is 12.4. The van der Waals surface area contributed by atoms with E-state index in [9.17, 15) is 17.6 Å². The maximum Gasteiger partial charge on any atom is 0.254 e. The van der Waals surface area contributed by atoms with Crippen LogP contribution in [0.15, 0.2) is 47.4 Å². The molecule has 1 atom stereocenters. The van der Waals surface area contributed by atoms with Gasteiger partial charge in [-0.15, -0.1) is 0 Å². The van der Waals surface area contributed by atoms with E-state index in [-0.39, 0.29) is 16.5 Å².